The third-order valence-corrected chi connectivity index (χ3v) is 4.46. The fraction of sp³-hybridized carbons (Fsp3) is 0.571. The van der Waals surface area contributed by atoms with E-state index in [2.05, 4.69) is 47.2 Å². The number of ether oxygens (including phenoxy) is 1. The number of methoxy groups -OCH3 is 1. The van der Waals surface area contributed by atoms with Crippen LogP contribution in [0.2, 0.25) is 0 Å². The zero-order valence-corrected chi connectivity index (χ0v) is 12.5. The minimum atomic E-state index is 0.437. The molecule has 0 aliphatic heterocycles. The molecule has 17 heavy (non-hydrogen) atoms. The second-order valence-electron chi connectivity index (χ2n) is 5.46. The van der Waals surface area contributed by atoms with Gasteiger partial charge in [-0.25, -0.2) is 0 Å². The van der Waals surface area contributed by atoms with E-state index >= 15 is 0 Å². The summed E-state index contributed by atoms with van der Waals surface area (Å²) in [7, 11) is 3.73. The normalized spacial score (nSPS) is 23.2. The summed E-state index contributed by atoms with van der Waals surface area (Å²) in [5, 5.41) is 3.44. The minimum Gasteiger partial charge on any atom is -0.496 e. The first-order valence-corrected chi connectivity index (χ1v) is 6.79. The van der Waals surface area contributed by atoms with E-state index in [1.165, 1.54) is 12.0 Å². The standard InChI is InChI=1S/C14H20BrNO/c1-14(2)8-10(14)13(16-3)9-5-6-12(17-4)11(15)7-9/h5-7,10,13,16H,8H2,1-4H3. The van der Waals surface area contributed by atoms with Crippen molar-refractivity contribution < 1.29 is 4.74 Å². The van der Waals surface area contributed by atoms with E-state index in [0.717, 1.165) is 16.1 Å². The lowest BCUT2D eigenvalue weighted by Crippen LogP contribution is -2.20. The zero-order valence-electron chi connectivity index (χ0n) is 10.9. The molecule has 2 rings (SSSR count). The van der Waals surface area contributed by atoms with Gasteiger partial charge < -0.3 is 10.1 Å². The van der Waals surface area contributed by atoms with Gasteiger partial charge in [-0.1, -0.05) is 19.9 Å². The summed E-state index contributed by atoms with van der Waals surface area (Å²) in [5.74, 6) is 1.62. The number of benzene rings is 1. The molecule has 1 aromatic carbocycles. The van der Waals surface area contributed by atoms with Gasteiger partial charge in [0.05, 0.1) is 11.6 Å². The van der Waals surface area contributed by atoms with E-state index in [1.54, 1.807) is 7.11 Å². The van der Waals surface area contributed by atoms with E-state index in [4.69, 9.17) is 4.74 Å². The molecular weight excluding hydrogens is 278 g/mol. The molecule has 2 unspecified atom stereocenters. The molecule has 94 valence electrons. The molecule has 2 atom stereocenters. The zero-order chi connectivity index (χ0) is 12.6. The van der Waals surface area contributed by atoms with Crippen LogP contribution in [0.4, 0.5) is 0 Å². The smallest absolute Gasteiger partial charge is 0.133 e. The Morgan fingerprint density at radius 1 is 1.47 bits per heavy atom. The topological polar surface area (TPSA) is 21.3 Å². The number of nitrogens with one attached hydrogen (secondary N) is 1. The van der Waals surface area contributed by atoms with Gasteiger partial charge in [0.2, 0.25) is 0 Å². The first-order chi connectivity index (χ1) is 7.99. The van der Waals surface area contributed by atoms with Gasteiger partial charge in [-0.2, -0.15) is 0 Å². The molecule has 0 radical (unpaired) electrons. The lowest BCUT2D eigenvalue weighted by atomic mass is 9.97. The summed E-state index contributed by atoms with van der Waals surface area (Å²) >= 11 is 3.55. The SMILES string of the molecule is CNC(c1ccc(OC)c(Br)c1)C1CC1(C)C. The number of hydrogen-bond acceptors (Lipinski definition) is 2. The van der Waals surface area contributed by atoms with Crippen LogP contribution in [0.5, 0.6) is 5.75 Å². The van der Waals surface area contributed by atoms with Crippen molar-refractivity contribution in [2.45, 2.75) is 26.3 Å². The van der Waals surface area contributed by atoms with E-state index in [-0.39, 0.29) is 0 Å². The molecule has 0 spiro atoms. The van der Waals surface area contributed by atoms with Crippen molar-refractivity contribution in [1.82, 2.24) is 5.32 Å². The third kappa shape index (κ3) is 2.50. The molecule has 1 N–H and O–H groups in total. The quantitative estimate of drug-likeness (QED) is 0.913. The Labute approximate surface area is 112 Å². The van der Waals surface area contributed by atoms with Gasteiger partial charge in [-0.3, -0.25) is 0 Å². The molecule has 1 saturated carbocycles. The molecule has 2 nitrogen and oxygen atoms in total. The van der Waals surface area contributed by atoms with E-state index in [9.17, 15) is 0 Å². The summed E-state index contributed by atoms with van der Waals surface area (Å²) in [4.78, 5) is 0. The predicted octanol–water partition coefficient (Wildman–Crippen LogP) is 3.76. The van der Waals surface area contributed by atoms with Gasteiger partial charge in [0, 0.05) is 6.04 Å². The molecular formula is C14H20BrNO. The third-order valence-electron chi connectivity index (χ3n) is 3.84. The second-order valence-corrected chi connectivity index (χ2v) is 6.31. The van der Waals surface area contributed by atoms with E-state index < -0.39 is 0 Å². The molecule has 1 fully saturated rings. The Bertz CT molecular complexity index is 417. The maximum atomic E-state index is 5.26. The average molecular weight is 298 g/mol. The number of halogens is 1. The number of rotatable bonds is 4. The van der Waals surface area contributed by atoms with Crippen LogP contribution in [0.1, 0.15) is 31.9 Å². The Morgan fingerprint density at radius 2 is 2.12 bits per heavy atom. The Morgan fingerprint density at radius 3 is 2.53 bits per heavy atom. The maximum absolute atomic E-state index is 5.26. The Hall–Kier alpha value is -0.540. The van der Waals surface area contributed by atoms with Crippen LogP contribution in [0.3, 0.4) is 0 Å². The molecule has 1 aliphatic rings. The van der Waals surface area contributed by atoms with Crippen LogP contribution in [0.15, 0.2) is 22.7 Å². The van der Waals surface area contributed by atoms with Crippen LogP contribution in [-0.2, 0) is 0 Å². The van der Waals surface area contributed by atoms with Crippen LogP contribution >= 0.6 is 15.9 Å². The predicted molar refractivity (Wildman–Crippen MR) is 74.4 cm³/mol. The average Bonchev–Trinajstić information content (AvgIpc) is 2.89. The van der Waals surface area contributed by atoms with Crippen molar-refractivity contribution in [2.75, 3.05) is 14.2 Å². The first kappa shape index (κ1) is 12.9. The summed E-state index contributed by atoms with van der Waals surface area (Å²) in [6, 6.07) is 6.78. The molecule has 0 bridgehead atoms. The largest absolute Gasteiger partial charge is 0.496 e. The van der Waals surface area contributed by atoms with Crippen molar-refractivity contribution in [3.63, 3.8) is 0 Å². The van der Waals surface area contributed by atoms with Crippen molar-refractivity contribution in [1.29, 1.82) is 0 Å². The summed E-state index contributed by atoms with van der Waals surface area (Å²) in [5.41, 5.74) is 1.80. The molecule has 0 amide bonds. The fourth-order valence-electron chi connectivity index (χ4n) is 2.55. The van der Waals surface area contributed by atoms with Crippen LogP contribution < -0.4 is 10.1 Å². The summed E-state index contributed by atoms with van der Waals surface area (Å²) in [6.07, 6.45) is 1.29. The maximum Gasteiger partial charge on any atom is 0.133 e. The Kier molecular flexibility index (Phi) is 3.50. The molecule has 1 aliphatic carbocycles. The summed E-state index contributed by atoms with van der Waals surface area (Å²) < 4.78 is 6.29. The van der Waals surface area contributed by atoms with Gasteiger partial charge in [0.25, 0.3) is 0 Å². The summed E-state index contributed by atoms with van der Waals surface area (Å²) in [6.45, 7) is 4.67. The first-order valence-electron chi connectivity index (χ1n) is 6.00. The minimum absolute atomic E-state index is 0.437. The molecule has 0 saturated heterocycles. The molecule has 3 heteroatoms. The van der Waals surface area contributed by atoms with Crippen molar-refractivity contribution in [2.24, 2.45) is 11.3 Å². The van der Waals surface area contributed by atoms with Crippen LogP contribution in [-0.4, -0.2) is 14.2 Å². The second kappa shape index (κ2) is 4.62. The molecule has 1 aromatic rings. The highest BCUT2D eigenvalue weighted by molar-refractivity contribution is 9.10. The highest BCUT2D eigenvalue weighted by Crippen LogP contribution is 2.57. The Balaban J connectivity index is 2.23. The van der Waals surface area contributed by atoms with Crippen molar-refractivity contribution in [3.05, 3.63) is 28.2 Å². The highest BCUT2D eigenvalue weighted by atomic mass is 79.9. The van der Waals surface area contributed by atoms with Gasteiger partial charge in [0.1, 0.15) is 5.75 Å². The van der Waals surface area contributed by atoms with Crippen molar-refractivity contribution >= 4 is 15.9 Å². The lowest BCUT2D eigenvalue weighted by Gasteiger charge is -2.19. The van der Waals surface area contributed by atoms with Gasteiger partial charge in [-0.05, 0) is 58.4 Å². The van der Waals surface area contributed by atoms with Gasteiger partial charge in [0.15, 0.2) is 0 Å². The van der Waals surface area contributed by atoms with Crippen molar-refractivity contribution in [3.8, 4) is 5.75 Å². The monoisotopic (exact) mass is 297 g/mol. The van der Waals surface area contributed by atoms with E-state index in [1.807, 2.05) is 13.1 Å². The van der Waals surface area contributed by atoms with Gasteiger partial charge in [-0.15, -0.1) is 0 Å². The molecule has 0 aromatic heterocycles. The highest BCUT2D eigenvalue weighted by Gasteiger charge is 2.50. The number of hydrogen-bond donors (Lipinski definition) is 1. The van der Waals surface area contributed by atoms with Crippen LogP contribution in [0, 0.1) is 11.3 Å². The molecule has 0 heterocycles. The fourth-order valence-corrected chi connectivity index (χ4v) is 3.11. The van der Waals surface area contributed by atoms with Gasteiger partial charge >= 0.3 is 0 Å². The van der Waals surface area contributed by atoms with E-state index in [0.29, 0.717) is 11.5 Å². The van der Waals surface area contributed by atoms with Crippen LogP contribution in [0.25, 0.3) is 0 Å². The lowest BCUT2D eigenvalue weighted by molar-refractivity contribution is 0.410.